The van der Waals surface area contributed by atoms with E-state index in [4.69, 9.17) is 18.0 Å². The summed E-state index contributed by atoms with van der Waals surface area (Å²) in [6.07, 6.45) is 4.31. The number of hydrogen-bond acceptors (Lipinski definition) is 4. The molecule has 2 rings (SSSR count). The number of nitrogens with zero attached hydrogens (tertiary/aromatic N) is 3. The van der Waals surface area contributed by atoms with Gasteiger partial charge in [-0.15, -0.1) is 0 Å². The van der Waals surface area contributed by atoms with Crippen molar-refractivity contribution in [3.05, 3.63) is 23.9 Å². The van der Waals surface area contributed by atoms with Crippen LogP contribution in [0.1, 0.15) is 18.4 Å². The Hall–Kier alpha value is -1.20. The van der Waals surface area contributed by atoms with E-state index in [0.717, 1.165) is 17.9 Å². The third-order valence-electron chi connectivity index (χ3n) is 3.57. The molecule has 0 radical (unpaired) electrons. The Labute approximate surface area is 114 Å². The smallest absolute Gasteiger partial charge is 0.138 e. The van der Waals surface area contributed by atoms with Crippen molar-refractivity contribution in [2.45, 2.75) is 18.9 Å². The summed E-state index contributed by atoms with van der Waals surface area (Å²) in [4.78, 5) is 9.37. The number of nitrogens with two attached hydrogens (primary N) is 1. The Morgan fingerprint density at radius 1 is 1.67 bits per heavy atom. The van der Waals surface area contributed by atoms with Gasteiger partial charge in [0.05, 0.1) is 5.56 Å². The fourth-order valence-electron chi connectivity index (χ4n) is 2.51. The molecule has 1 unspecified atom stereocenters. The van der Waals surface area contributed by atoms with Crippen LogP contribution in [0.3, 0.4) is 0 Å². The van der Waals surface area contributed by atoms with E-state index in [1.165, 1.54) is 19.4 Å². The van der Waals surface area contributed by atoms with Crippen LogP contribution in [0.25, 0.3) is 0 Å². The minimum Gasteiger partial charge on any atom is -0.389 e. The first kappa shape index (κ1) is 13.2. The van der Waals surface area contributed by atoms with Crippen LogP contribution < -0.4 is 10.6 Å². The zero-order valence-corrected chi connectivity index (χ0v) is 11.8. The maximum atomic E-state index is 5.74. The number of hydrogen-bond donors (Lipinski definition) is 1. The Morgan fingerprint density at radius 3 is 3.06 bits per heavy atom. The lowest BCUT2D eigenvalue weighted by molar-refractivity contribution is 0.314. The molecule has 1 saturated heterocycles. The van der Waals surface area contributed by atoms with Crippen molar-refractivity contribution in [3.8, 4) is 0 Å². The van der Waals surface area contributed by atoms with E-state index in [1.54, 1.807) is 6.20 Å². The molecule has 2 N–H and O–H groups in total. The number of pyridine rings is 1. The second kappa shape index (κ2) is 5.63. The highest BCUT2D eigenvalue weighted by molar-refractivity contribution is 7.80. The monoisotopic (exact) mass is 264 g/mol. The molecule has 0 spiro atoms. The first-order valence-electron chi connectivity index (χ1n) is 6.26. The fourth-order valence-corrected chi connectivity index (χ4v) is 2.67. The maximum absolute atomic E-state index is 5.74. The van der Waals surface area contributed by atoms with Crippen molar-refractivity contribution in [2.24, 2.45) is 5.73 Å². The molecule has 4 nitrogen and oxygen atoms in total. The second-order valence-corrected chi connectivity index (χ2v) is 5.34. The van der Waals surface area contributed by atoms with E-state index in [2.05, 4.69) is 28.9 Å². The standard InChI is InChI=1S/C13H20N4S/c1-16-8-4-5-10(16)9-17(2)13-11(12(14)18)6-3-7-15-13/h3,6-7,10H,4-5,8-9H2,1-2H3,(H2,14,18). The summed E-state index contributed by atoms with van der Waals surface area (Å²) >= 11 is 5.08. The van der Waals surface area contributed by atoms with Crippen LogP contribution in [-0.4, -0.2) is 48.1 Å². The quantitative estimate of drug-likeness (QED) is 0.829. The van der Waals surface area contributed by atoms with E-state index in [-0.39, 0.29) is 0 Å². The van der Waals surface area contributed by atoms with Crippen LogP contribution in [0.4, 0.5) is 5.82 Å². The van der Waals surface area contributed by atoms with Gasteiger partial charge in [-0.3, -0.25) is 0 Å². The molecular formula is C13H20N4S. The van der Waals surface area contributed by atoms with Crippen LogP contribution in [0, 0.1) is 0 Å². The Balaban J connectivity index is 2.13. The van der Waals surface area contributed by atoms with Gasteiger partial charge in [0.15, 0.2) is 0 Å². The molecule has 1 aliphatic rings. The molecule has 0 amide bonds. The Bertz CT molecular complexity index is 435. The van der Waals surface area contributed by atoms with Crippen LogP contribution in [0.2, 0.25) is 0 Å². The highest BCUT2D eigenvalue weighted by Gasteiger charge is 2.23. The Kier molecular flexibility index (Phi) is 4.14. The number of likely N-dealkylation sites (N-methyl/N-ethyl adjacent to an activating group) is 2. The fraction of sp³-hybridized carbons (Fsp3) is 0.538. The summed E-state index contributed by atoms with van der Waals surface area (Å²) in [6, 6.07) is 4.39. The molecule has 0 aliphatic carbocycles. The minimum atomic E-state index is 0.407. The van der Waals surface area contributed by atoms with Gasteiger partial charge in [-0.2, -0.15) is 0 Å². The molecule has 5 heteroatoms. The molecule has 1 aromatic rings. The number of anilines is 1. The van der Waals surface area contributed by atoms with Crippen LogP contribution >= 0.6 is 12.2 Å². The highest BCUT2D eigenvalue weighted by Crippen LogP contribution is 2.20. The largest absolute Gasteiger partial charge is 0.389 e. The molecule has 1 aliphatic heterocycles. The van der Waals surface area contributed by atoms with Crippen molar-refractivity contribution < 1.29 is 0 Å². The van der Waals surface area contributed by atoms with Gasteiger partial charge in [0, 0.05) is 25.8 Å². The molecule has 0 bridgehead atoms. The highest BCUT2D eigenvalue weighted by atomic mass is 32.1. The predicted octanol–water partition coefficient (Wildman–Crippen LogP) is 1.25. The number of likely N-dealkylation sites (tertiary alicyclic amines) is 1. The van der Waals surface area contributed by atoms with Crippen molar-refractivity contribution in [2.75, 3.05) is 32.1 Å². The molecular weight excluding hydrogens is 244 g/mol. The summed E-state index contributed by atoms with van der Waals surface area (Å²) < 4.78 is 0. The number of aromatic nitrogens is 1. The van der Waals surface area contributed by atoms with E-state index in [9.17, 15) is 0 Å². The van der Waals surface area contributed by atoms with E-state index >= 15 is 0 Å². The zero-order valence-electron chi connectivity index (χ0n) is 11.0. The number of thiocarbonyl (C=S) groups is 1. The molecule has 18 heavy (non-hydrogen) atoms. The average molecular weight is 264 g/mol. The van der Waals surface area contributed by atoms with Crippen molar-refractivity contribution in [3.63, 3.8) is 0 Å². The lowest BCUT2D eigenvalue weighted by Crippen LogP contribution is -2.37. The van der Waals surface area contributed by atoms with Gasteiger partial charge in [-0.25, -0.2) is 4.98 Å². The van der Waals surface area contributed by atoms with Crippen LogP contribution in [0.15, 0.2) is 18.3 Å². The van der Waals surface area contributed by atoms with Gasteiger partial charge in [-0.1, -0.05) is 12.2 Å². The summed E-state index contributed by atoms with van der Waals surface area (Å²) in [6.45, 7) is 2.14. The molecule has 1 fully saturated rings. The molecule has 98 valence electrons. The second-order valence-electron chi connectivity index (χ2n) is 4.90. The van der Waals surface area contributed by atoms with Gasteiger partial charge < -0.3 is 15.5 Å². The van der Waals surface area contributed by atoms with Crippen molar-refractivity contribution >= 4 is 23.0 Å². The lowest BCUT2D eigenvalue weighted by atomic mass is 10.2. The number of rotatable bonds is 4. The van der Waals surface area contributed by atoms with Gasteiger partial charge in [0.2, 0.25) is 0 Å². The first-order chi connectivity index (χ1) is 8.59. The normalized spacial score (nSPS) is 20.0. The molecule has 1 atom stereocenters. The third-order valence-corrected chi connectivity index (χ3v) is 3.79. The van der Waals surface area contributed by atoms with Gasteiger partial charge in [0.1, 0.15) is 10.8 Å². The maximum Gasteiger partial charge on any atom is 0.138 e. The third kappa shape index (κ3) is 2.79. The SMILES string of the molecule is CN(CC1CCCN1C)c1ncccc1C(N)=S. The topological polar surface area (TPSA) is 45.4 Å². The molecule has 1 aromatic heterocycles. The molecule has 0 aromatic carbocycles. The minimum absolute atomic E-state index is 0.407. The average Bonchev–Trinajstić information content (AvgIpc) is 2.75. The van der Waals surface area contributed by atoms with Crippen molar-refractivity contribution in [1.82, 2.24) is 9.88 Å². The molecule has 2 heterocycles. The first-order valence-corrected chi connectivity index (χ1v) is 6.66. The summed E-state index contributed by atoms with van der Waals surface area (Å²) in [5.74, 6) is 0.880. The van der Waals surface area contributed by atoms with Crippen molar-refractivity contribution in [1.29, 1.82) is 0 Å². The van der Waals surface area contributed by atoms with Crippen LogP contribution in [0.5, 0.6) is 0 Å². The van der Waals surface area contributed by atoms with Crippen LogP contribution in [-0.2, 0) is 0 Å². The predicted molar refractivity (Wildman–Crippen MR) is 79.0 cm³/mol. The van der Waals surface area contributed by atoms with E-state index < -0.39 is 0 Å². The van der Waals surface area contributed by atoms with Gasteiger partial charge in [-0.05, 0) is 38.6 Å². The summed E-state index contributed by atoms with van der Waals surface area (Å²) in [5, 5.41) is 0. The van der Waals surface area contributed by atoms with E-state index in [1.807, 2.05) is 12.1 Å². The molecule has 0 saturated carbocycles. The van der Waals surface area contributed by atoms with Gasteiger partial charge in [0.25, 0.3) is 0 Å². The lowest BCUT2D eigenvalue weighted by Gasteiger charge is -2.27. The Morgan fingerprint density at radius 2 is 2.44 bits per heavy atom. The summed E-state index contributed by atoms with van der Waals surface area (Å²) in [5.41, 5.74) is 6.60. The zero-order chi connectivity index (χ0) is 13.1. The van der Waals surface area contributed by atoms with Gasteiger partial charge >= 0.3 is 0 Å². The van der Waals surface area contributed by atoms with E-state index in [0.29, 0.717) is 11.0 Å². The summed E-state index contributed by atoms with van der Waals surface area (Å²) in [7, 11) is 4.23.